The molecule has 0 aliphatic heterocycles. The third-order valence-electron chi connectivity index (χ3n) is 4.40. The molecule has 0 radical (unpaired) electrons. The summed E-state index contributed by atoms with van der Waals surface area (Å²) in [6, 6.07) is 7.95. The molecule has 6 heteroatoms. The molecular weight excluding hydrogens is 338 g/mol. The van der Waals surface area contributed by atoms with E-state index < -0.39 is 0 Å². The number of halogens is 1. The number of nitrogens with one attached hydrogen (secondary N) is 2. The Kier molecular flexibility index (Phi) is 5.46. The molecule has 2 heterocycles. The smallest absolute Gasteiger partial charge is 0.232 e. The average Bonchev–Trinajstić information content (AvgIpc) is 3.06. The van der Waals surface area contributed by atoms with Crippen LogP contribution in [0.25, 0.3) is 10.9 Å². The molecule has 0 spiro atoms. The van der Waals surface area contributed by atoms with E-state index in [9.17, 15) is 0 Å². The van der Waals surface area contributed by atoms with Crippen molar-refractivity contribution >= 4 is 22.5 Å². The minimum atomic E-state index is 0.133. The van der Waals surface area contributed by atoms with Crippen molar-refractivity contribution < 1.29 is 9.47 Å². The highest BCUT2D eigenvalue weighted by Gasteiger charge is 2.21. The first-order chi connectivity index (χ1) is 12.2. The third-order valence-corrected chi connectivity index (χ3v) is 4.67. The van der Waals surface area contributed by atoms with Crippen molar-refractivity contribution in [2.45, 2.75) is 12.3 Å². The molecule has 0 amide bonds. The maximum absolute atomic E-state index is 6.31. The predicted molar refractivity (Wildman–Crippen MR) is 101 cm³/mol. The van der Waals surface area contributed by atoms with Crippen LogP contribution in [0.4, 0.5) is 0 Å². The van der Waals surface area contributed by atoms with E-state index >= 15 is 0 Å². The fourth-order valence-electron chi connectivity index (χ4n) is 3.19. The second-order valence-corrected chi connectivity index (χ2v) is 6.24. The number of H-pyrrole nitrogens is 1. The molecule has 2 aromatic heterocycles. The number of benzene rings is 1. The molecular formula is C19H22ClN3O2. The Morgan fingerprint density at radius 1 is 1.28 bits per heavy atom. The van der Waals surface area contributed by atoms with Gasteiger partial charge in [-0.15, -0.1) is 0 Å². The molecule has 0 saturated carbocycles. The number of methoxy groups -OCH3 is 2. The van der Waals surface area contributed by atoms with Crippen molar-refractivity contribution in [1.82, 2.24) is 15.3 Å². The van der Waals surface area contributed by atoms with Gasteiger partial charge in [0.05, 0.1) is 14.2 Å². The minimum Gasteiger partial charge on any atom is -0.496 e. The first-order valence-electron chi connectivity index (χ1n) is 8.17. The van der Waals surface area contributed by atoms with E-state index in [2.05, 4.69) is 21.4 Å². The first kappa shape index (κ1) is 17.6. The van der Waals surface area contributed by atoms with Crippen molar-refractivity contribution in [1.29, 1.82) is 0 Å². The second-order valence-electron chi connectivity index (χ2n) is 5.83. The number of hydrogen-bond donors (Lipinski definition) is 2. The van der Waals surface area contributed by atoms with E-state index in [0.717, 1.165) is 35.2 Å². The van der Waals surface area contributed by atoms with Crippen molar-refractivity contribution in [2.75, 3.05) is 27.8 Å². The van der Waals surface area contributed by atoms with Gasteiger partial charge in [0.2, 0.25) is 5.88 Å². The summed E-state index contributed by atoms with van der Waals surface area (Å²) in [6.07, 6.45) is 4.79. The van der Waals surface area contributed by atoms with Gasteiger partial charge in [0.25, 0.3) is 0 Å². The molecule has 5 nitrogen and oxygen atoms in total. The molecule has 3 rings (SSSR count). The molecule has 0 fully saturated rings. The highest BCUT2D eigenvalue weighted by atomic mass is 35.5. The monoisotopic (exact) mass is 359 g/mol. The maximum atomic E-state index is 6.31. The van der Waals surface area contributed by atoms with Gasteiger partial charge in [0.1, 0.15) is 10.8 Å². The molecule has 1 atom stereocenters. The Bertz CT molecular complexity index is 863. The van der Waals surface area contributed by atoms with Crippen LogP contribution in [0.2, 0.25) is 5.02 Å². The molecule has 0 bridgehead atoms. The van der Waals surface area contributed by atoms with Crippen LogP contribution in [0.15, 0.2) is 36.7 Å². The van der Waals surface area contributed by atoms with E-state index in [-0.39, 0.29) is 5.92 Å². The Hall–Kier alpha value is -2.24. The van der Waals surface area contributed by atoms with Crippen LogP contribution >= 0.6 is 11.6 Å². The summed E-state index contributed by atoms with van der Waals surface area (Å²) >= 11 is 6.31. The second kappa shape index (κ2) is 7.76. The number of hydrogen-bond acceptors (Lipinski definition) is 4. The zero-order valence-corrected chi connectivity index (χ0v) is 15.4. The van der Waals surface area contributed by atoms with Crippen LogP contribution in [0.3, 0.4) is 0 Å². The lowest BCUT2D eigenvalue weighted by Crippen LogP contribution is -2.13. The Labute approximate surface area is 152 Å². The maximum Gasteiger partial charge on any atom is 0.232 e. The molecule has 3 aromatic rings. The molecule has 132 valence electrons. The summed E-state index contributed by atoms with van der Waals surface area (Å²) in [7, 11) is 5.21. The summed E-state index contributed by atoms with van der Waals surface area (Å²) in [4.78, 5) is 7.69. The average molecular weight is 360 g/mol. The van der Waals surface area contributed by atoms with Gasteiger partial charge in [-0.1, -0.05) is 17.7 Å². The quantitative estimate of drug-likeness (QED) is 0.670. The van der Waals surface area contributed by atoms with Crippen molar-refractivity contribution in [3.05, 3.63) is 52.8 Å². The van der Waals surface area contributed by atoms with E-state index in [1.807, 2.05) is 37.6 Å². The molecule has 2 N–H and O–H groups in total. The van der Waals surface area contributed by atoms with Crippen molar-refractivity contribution in [3.63, 3.8) is 0 Å². The molecule has 0 aliphatic carbocycles. The van der Waals surface area contributed by atoms with E-state index in [1.165, 1.54) is 5.56 Å². The molecule has 25 heavy (non-hydrogen) atoms. The lowest BCUT2D eigenvalue weighted by Gasteiger charge is -2.18. The fourth-order valence-corrected chi connectivity index (χ4v) is 3.45. The summed E-state index contributed by atoms with van der Waals surface area (Å²) in [6.45, 7) is 0.871. The van der Waals surface area contributed by atoms with Gasteiger partial charge < -0.3 is 19.8 Å². The van der Waals surface area contributed by atoms with Crippen LogP contribution in [-0.2, 0) is 0 Å². The Balaban J connectivity index is 2.12. The molecule has 1 aromatic carbocycles. The topological polar surface area (TPSA) is 59.2 Å². The number of fused-ring (bicyclic) bond motifs is 1. The largest absolute Gasteiger partial charge is 0.496 e. The van der Waals surface area contributed by atoms with Crippen LogP contribution in [0.5, 0.6) is 11.6 Å². The Morgan fingerprint density at radius 3 is 2.80 bits per heavy atom. The normalized spacial score (nSPS) is 12.3. The van der Waals surface area contributed by atoms with Gasteiger partial charge in [0.15, 0.2) is 0 Å². The molecule has 1 unspecified atom stereocenters. The fraction of sp³-hybridized carbons (Fsp3) is 0.316. The van der Waals surface area contributed by atoms with Gasteiger partial charge in [-0.2, -0.15) is 0 Å². The number of ether oxygens (including phenoxy) is 2. The highest BCUT2D eigenvalue weighted by molar-refractivity contribution is 6.31. The first-order valence-corrected chi connectivity index (χ1v) is 8.55. The number of rotatable bonds is 7. The minimum absolute atomic E-state index is 0.133. The zero-order valence-electron chi connectivity index (χ0n) is 14.6. The summed E-state index contributed by atoms with van der Waals surface area (Å²) < 4.78 is 10.8. The van der Waals surface area contributed by atoms with Gasteiger partial charge >= 0.3 is 0 Å². The predicted octanol–water partition coefficient (Wildman–Crippen LogP) is 3.97. The SMILES string of the molecule is CNCCC(c1cnc(OC)c(Cl)c1)c1c[nH]c2cccc(OC)c12. The number of aromatic amines is 1. The number of pyridine rings is 1. The van der Waals surface area contributed by atoms with Gasteiger partial charge in [-0.3, -0.25) is 0 Å². The van der Waals surface area contributed by atoms with E-state index in [1.54, 1.807) is 14.2 Å². The lowest BCUT2D eigenvalue weighted by atomic mass is 9.89. The Morgan fingerprint density at radius 2 is 2.12 bits per heavy atom. The van der Waals surface area contributed by atoms with Crippen LogP contribution in [0.1, 0.15) is 23.5 Å². The summed E-state index contributed by atoms with van der Waals surface area (Å²) in [5.74, 6) is 1.43. The van der Waals surface area contributed by atoms with Crippen molar-refractivity contribution in [2.24, 2.45) is 0 Å². The van der Waals surface area contributed by atoms with Crippen LogP contribution < -0.4 is 14.8 Å². The lowest BCUT2D eigenvalue weighted by molar-refractivity contribution is 0.397. The highest BCUT2D eigenvalue weighted by Crippen LogP contribution is 2.38. The number of aromatic nitrogens is 2. The van der Waals surface area contributed by atoms with Crippen molar-refractivity contribution in [3.8, 4) is 11.6 Å². The van der Waals surface area contributed by atoms with Gasteiger partial charge in [-0.05, 0) is 49.3 Å². The van der Waals surface area contributed by atoms with Crippen LogP contribution in [-0.4, -0.2) is 37.8 Å². The van der Waals surface area contributed by atoms with Gasteiger partial charge in [-0.25, -0.2) is 4.98 Å². The van der Waals surface area contributed by atoms with Gasteiger partial charge in [0, 0.05) is 29.2 Å². The number of nitrogens with zero attached hydrogens (tertiary/aromatic N) is 1. The third kappa shape index (κ3) is 3.43. The van der Waals surface area contributed by atoms with E-state index in [0.29, 0.717) is 10.9 Å². The zero-order chi connectivity index (χ0) is 17.8. The van der Waals surface area contributed by atoms with Crippen LogP contribution in [0, 0.1) is 0 Å². The van der Waals surface area contributed by atoms with E-state index in [4.69, 9.17) is 21.1 Å². The summed E-state index contributed by atoms with van der Waals surface area (Å²) in [5.41, 5.74) is 3.27. The summed E-state index contributed by atoms with van der Waals surface area (Å²) in [5, 5.41) is 4.83. The standard InChI is InChI=1S/C19H22ClN3O2/c1-21-8-7-13(12-9-15(20)19(25-3)23-10-12)14-11-22-16-5-4-6-17(24-2)18(14)16/h4-6,9-11,13,21-22H,7-8H2,1-3H3. The molecule has 0 saturated heterocycles. The molecule has 0 aliphatic rings.